The third-order valence-electron chi connectivity index (χ3n) is 4.59. The lowest BCUT2D eigenvalue weighted by Gasteiger charge is -2.23. The Kier molecular flexibility index (Phi) is 11.1. The summed E-state index contributed by atoms with van der Waals surface area (Å²) < 4.78 is 14.9. The van der Waals surface area contributed by atoms with Gasteiger partial charge >= 0.3 is 18.2 Å². The summed E-state index contributed by atoms with van der Waals surface area (Å²) in [6.45, 7) is 6.34. The maximum absolute atomic E-state index is 12.7. The first-order chi connectivity index (χ1) is 18.0. The van der Waals surface area contributed by atoms with Gasteiger partial charge in [-0.05, 0) is 57.5 Å². The Bertz CT molecular complexity index is 1110. The molecule has 0 aliphatic heterocycles. The van der Waals surface area contributed by atoms with Gasteiger partial charge in [0.15, 0.2) is 6.61 Å². The van der Waals surface area contributed by atoms with Gasteiger partial charge in [0, 0.05) is 12.1 Å². The second kappa shape index (κ2) is 14.2. The smallest absolute Gasteiger partial charge is 0.426 e. The van der Waals surface area contributed by atoms with Crippen molar-refractivity contribution in [3.63, 3.8) is 0 Å². The van der Waals surface area contributed by atoms with E-state index in [9.17, 15) is 24.0 Å². The molecule has 1 atom stereocenters. The summed E-state index contributed by atoms with van der Waals surface area (Å²) in [5, 5.41) is 4.98. The lowest BCUT2D eigenvalue weighted by atomic mass is 10.1. The molecule has 0 aromatic heterocycles. The van der Waals surface area contributed by atoms with Crippen LogP contribution in [0.2, 0.25) is 0 Å². The summed E-state index contributed by atoms with van der Waals surface area (Å²) >= 11 is 0. The third-order valence-corrected chi connectivity index (χ3v) is 4.59. The molecule has 204 valence electrons. The predicted molar refractivity (Wildman–Crippen MR) is 137 cm³/mol. The van der Waals surface area contributed by atoms with Crippen LogP contribution in [0.5, 0.6) is 0 Å². The van der Waals surface area contributed by atoms with Gasteiger partial charge in [-0.25, -0.2) is 19.8 Å². The van der Waals surface area contributed by atoms with Gasteiger partial charge in [-0.1, -0.05) is 30.3 Å². The van der Waals surface area contributed by atoms with Crippen LogP contribution in [-0.2, 0) is 30.2 Å². The zero-order valence-corrected chi connectivity index (χ0v) is 21.7. The van der Waals surface area contributed by atoms with Crippen LogP contribution in [0.4, 0.5) is 15.3 Å². The van der Waals surface area contributed by atoms with Crippen molar-refractivity contribution in [3.05, 3.63) is 65.7 Å². The molecule has 0 aliphatic carbocycles. The summed E-state index contributed by atoms with van der Waals surface area (Å²) in [6.07, 6.45) is -1.77. The molecule has 0 saturated carbocycles. The normalized spacial score (nSPS) is 11.4. The van der Waals surface area contributed by atoms with E-state index in [0.29, 0.717) is 11.3 Å². The molecule has 2 aromatic carbocycles. The van der Waals surface area contributed by atoms with Crippen molar-refractivity contribution in [1.29, 1.82) is 0 Å². The molecule has 2 aromatic rings. The van der Waals surface area contributed by atoms with E-state index in [1.54, 1.807) is 52.0 Å². The topological polar surface area (TPSA) is 161 Å². The van der Waals surface area contributed by atoms with Gasteiger partial charge in [-0.3, -0.25) is 15.0 Å². The summed E-state index contributed by atoms with van der Waals surface area (Å²) in [5.74, 6) is -1.87. The van der Waals surface area contributed by atoms with Crippen molar-refractivity contribution >= 4 is 35.7 Å². The Morgan fingerprint density at radius 1 is 0.842 bits per heavy atom. The molecule has 0 spiro atoms. The standard InChI is InChI=1S/C26H32N4O8/c1-5-36-23(33)18-11-13-19(14-12-18)27-21(31)16-37-25(35)30-29-22(32)20(15-17-9-7-6-8-10-17)28-24(34)38-26(2,3)4/h6-14,20H,5,15-16H2,1-4H3,(H,27,31)(H,28,34)(H,29,32)(H,30,35)/t20-/m0/s1. The zero-order valence-electron chi connectivity index (χ0n) is 21.7. The minimum absolute atomic E-state index is 0.125. The second-order valence-corrected chi connectivity index (χ2v) is 8.92. The predicted octanol–water partition coefficient (Wildman–Crippen LogP) is 2.70. The fourth-order valence-electron chi connectivity index (χ4n) is 2.98. The highest BCUT2D eigenvalue weighted by atomic mass is 16.6. The molecule has 0 unspecified atom stereocenters. The molecule has 38 heavy (non-hydrogen) atoms. The van der Waals surface area contributed by atoms with Crippen LogP contribution in [0.25, 0.3) is 0 Å². The first-order valence-electron chi connectivity index (χ1n) is 11.8. The molecular formula is C26H32N4O8. The summed E-state index contributed by atoms with van der Waals surface area (Å²) in [4.78, 5) is 60.6. The number of ether oxygens (including phenoxy) is 3. The molecule has 0 fully saturated rings. The van der Waals surface area contributed by atoms with Crippen LogP contribution in [0.1, 0.15) is 43.6 Å². The van der Waals surface area contributed by atoms with Crippen LogP contribution in [0.15, 0.2) is 54.6 Å². The lowest BCUT2D eigenvalue weighted by molar-refractivity contribution is -0.124. The average Bonchev–Trinajstić information content (AvgIpc) is 2.85. The maximum atomic E-state index is 12.7. The minimum atomic E-state index is -1.10. The van der Waals surface area contributed by atoms with Crippen molar-refractivity contribution in [2.24, 2.45) is 0 Å². The van der Waals surface area contributed by atoms with E-state index < -0.39 is 48.2 Å². The van der Waals surface area contributed by atoms with E-state index in [1.807, 2.05) is 11.5 Å². The fraction of sp³-hybridized carbons (Fsp3) is 0.346. The number of alkyl carbamates (subject to hydrolysis) is 1. The summed E-state index contributed by atoms with van der Waals surface area (Å²) in [7, 11) is 0. The van der Waals surface area contributed by atoms with Crippen LogP contribution in [0, 0.1) is 0 Å². The number of hydrogen-bond acceptors (Lipinski definition) is 8. The van der Waals surface area contributed by atoms with Gasteiger partial charge in [0.05, 0.1) is 12.2 Å². The Morgan fingerprint density at radius 2 is 1.50 bits per heavy atom. The highest BCUT2D eigenvalue weighted by Gasteiger charge is 2.25. The van der Waals surface area contributed by atoms with Gasteiger partial charge < -0.3 is 24.8 Å². The van der Waals surface area contributed by atoms with Crippen molar-refractivity contribution in [2.45, 2.75) is 45.8 Å². The Balaban J connectivity index is 1.84. The number of hydrogen-bond donors (Lipinski definition) is 4. The number of esters is 1. The Morgan fingerprint density at radius 3 is 2.11 bits per heavy atom. The minimum Gasteiger partial charge on any atom is -0.462 e. The number of carbonyl (C=O) groups excluding carboxylic acids is 5. The van der Waals surface area contributed by atoms with Crippen molar-refractivity contribution in [3.8, 4) is 0 Å². The zero-order chi connectivity index (χ0) is 28.1. The van der Waals surface area contributed by atoms with Gasteiger partial charge in [0.1, 0.15) is 11.6 Å². The largest absolute Gasteiger partial charge is 0.462 e. The number of carbonyl (C=O) groups is 5. The SMILES string of the molecule is CCOC(=O)c1ccc(NC(=O)COC(=O)NNC(=O)[C@H](Cc2ccccc2)NC(=O)OC(C)(C)C)cc1. The molecule has 2 rings (SSSR count). The second-order valence-electron chi connectivity index (χ2n) is 8.92. The van der Waals surface area contributed by atoms with Crippen molar-refractivity contribution in [2.75, 3.05) is 18.5 Å². The molecule has 12 heteroatoms. The quantitative estimate of drug-likeness (QED) is 0.219. The summed E-state index contributed by atoms with van der Waals surface area (Å²) in [6, 6.07) is 13.8. The monoisotopic (exact) mass is 528 g/mol. The molecule has 0 radical (unpaired) electrons. The molecular weight excluding hydrogens is 496 g/mol. The Hall–Kier alpha value is -4.61. The number of rotatable bonds is 9. The van der Waals surface area contributed by atoms with E-state index in [0.717, 1.165) is 5.56 Å². The number of nitrogens with one attached hydrogen (secondary N) is 4. The van der Waals surface area contributed by atoms with Crippen LogP contribution >= 0.6 is 0 Å². The van der Waals surface area contributed by atoms with Gasteiger partial charge in [0.25, 0.3) is 11.8 Å². The van der Waals surface area contributed by atoms with Gasteiger partial charge in [0.2, 0.25) is 0 Å². The highest BCUT2D eigenvalue weighted by molar-refractivity contribution is 5.94. The fourth-order valence-corrected chi connectivity index (χ4v) is 2.98. The van der Waals surface area contributed by atoms with Gasteiger partial charge in [-0.2, -0.15) is 0 Å². The Labute approximate surface area is 220 Å². The van der Waals surface area contributed by atoms with Crippen LogP contribution < -0.4 is 21.5 Å². The lowest BCUT2D eigenvalue weighted by Crippen LogP contribution is -2.54. The van der Waals surface area contributed by atoms with Crippen LogP contribution in [-0.4, -0.2) is 54.8 Å². The number of hydrazine groups is 1. The van der Waals surface area contributed by atoms with E-state index >= 15 is 0 Å². The number of amides is 4. The molecule has 0 heterocycles. The molecule has 12 nitrogen and oxygen atoms in total. The molecule has 0 bridgehead atoms. The molecule has 4 N–H and O–H groups in total. The highest BCUT2D eigenvalue weighted by Crippen LogP contribution is 2.11. The van der Waals surface area contributed by atoms with E-state index in [-0.39, 0.29) is 13.0 Å². The van der Waals surface area contributed by atoms with E-state index in [2.05, 4.69) is 16.1 Å². The molecule has 0 saturated heterocycles. The third kappa shape index (κ3) is 11.0. The average molecular weight is 529 g/mol. The van der Waals surface area contributed by atoms with Crippen molar-refractivity contribution < 1.29 is 38.2 Å². The molecule has 0 aliphatic rings. The maximum Gasteiger partial charge on any atom is 0.426 e. The summed E-state index contributed by atoms with van der Waals surface area (Å²) in [5.41, 5.74) is 4.88. The van der Waals surface area contributed by atoms with E-state index in [1.165, 1.54) is 24.3 Å². The van der Waals surface area contributed by atoms with Crippen molar-refractivity contribution in [1.82, 2.24) is 16.2 Å². The number of anilines is 1. The number of benzene rings is 2. The first kappa shape index (κ1) is 29.6. The van der Waals surface area contributed by atoms with Gasteiger partial charge in [-0.15, -0.1) is 0 Å². The van der Waals surface area contributed by atoms with E-state index in [4.69, 9.17) is 14.2 Å². The molecule has 4 amide bonds. The first-order valence-corrected chi connectivity index (χ1v) is 11.8. The van der Waals surface area contributed by atoms with Crippen LogP contribution in [0.3, 0.4) is 0 Å².